The Labute approximate surface area is 318 Å². The summed E-state index contributed by atoms with van der Waals surface area (Å²) in [6.45, 7) is 0. The summed E-state index contributed by atoms with van der Waals surface area (Å²) in [4.78, 5) is 0. The van der Waals surface area contributed by atoms with Gasteiger partial charge < -0.3 is 4.74 Å². The lowest BCUT2D eigenvalue weighted by Gasteiger charge is -2.23. The van der Waals surface area contributed by atoms with Crippen LogP contribution in [0, 0.1) is 0 Å². The number of fused-ring (bicyclic) bond motifs is 9. The highest BCUT2D eigenvalue weighted by Gasteiger charge is 2.23. The fourth-order valence-electron chi connectivity index (χ4n) is 9.49. The molecule has 0 fully saturated rings. The van der Waals surface area contributed by atoms with Crippen LogP contribution >= 0.6 is 0 Å². The van der Waals surface area contributed by atoms with E-state index < -0.39 is 0 Å². The monoisotopic (exact) mass is 696 g/mol. The van der Waals surface area contributed by atoms with Crippen molar-refractivity contribution in [2.75, 3.05) is 0 Å². The lowest BCUT2D eigenvalue weighted by Crippen LogP contribution is -1.97. The zero-order valence-corrected chi connectivity index (χ0v) is 29.9. The third-order valence-corrected chi connectivity index (χ3v) is 11.8. The van der Waals surface area contributed by atoms with Gasteiger partial charge in [0.15, 0.2) is 0 Å². The molecule has 1 heterocycles. The van der Waals surface area contributed by atoms with Crippen molar-refractivity contribution in [2.45, 2.75) is 0 Å². The number of para-hydroxylation sites is 1. The molecule has 0 amide bonds. The van der Waals surface area contributed by atoms with Crippen molar-refractivity contribution in [3.8, 4) is 56.0 Å². The van der Waals surface area contributed by atoms with Crippen molar-refractivity contribution in [2.24, 2.45) is 0 Å². The first-order valence-corrected chi connectivity index (χ1v) is 19.0. The molecule has 55 heavy (non-hydrogen) atoms. The van der Waals surface area contributed by atoms with Crippen LogP contribution in [0.15, 0.2) is 194 Å². The fraction of sp³-hybridized carbons (Fsp3) is 0. The first kappa shape index (κ1) is 30.3. The molecular formula is C54H32O. The van der Waals surface area contributed by atoms with E-state index in [1.165, 1.54) is 104 Å². The number of benzene rings is 11. The lowest BCUT2D eigenvalue weighted by atomic mass is 9.83. The van der Waals surface area contributed by atoms with Gasteiger partial charge in [0.05, 0.1) is 0 Å². The maximum Gasteiger partial charge on any atom is 0.135 e. The molecule has 1 aliphatic rings. The molecule has 1 aliphatic heterocycles. The second-order valence-corrected chi connectivity index (χ2v) is 14.7. The maximum atomic E-state index is 6.45. The number of hydrogen-bond acceptors (Lipinski definition) is 1. The van der Waals surface area contributed by atoms with E-state index >= 15 is 0 Å². The van der Waals surface area contributed by atoms with Gasteiger partial charge in [0.2, 0.25) is 0 Å². The Kier molecular flexibility index (Phi) is 6.40. The van der Waals surface area contributed by atoms with Gasteiger partial charge in [-0.25, -0.2) is 0 Å². The quantitative estimate of drug-likeness (QED) is 0.132. The molecule has 0 bridgehead atoms. The van der Waals surface area contributed by atoms with E-state index in [1.807, 2.05) is 6.07 Å². The van der Waals surface area contributed by atoms with Gasteiger partial charge in [-0.1, -0.05) is 170 Å². The van der Waals surface area contributed by atoms with Crippen LogP contribution in [-0.2, 0) is 0 Å². The van der Waals surface area contributed by atoms with Crippen molar-refractivity contribution in [1.82, 2.24) is 0 Å². The normalized spacial score (nSPS) is 12.1. The SMILES string of the molecule is c1cc(-c2c3ccccc3c(-c3cc4ccc5ccccc5c4c4ccccc34)c3ccccc23)cc(-c2ccc3c4c(cccc24)-c2ccccc2O3)c1. The molecule has 254 valence electrons. The van der Waals surface area contributed by atoms with Crippen molar-refractivity contribution in [3.05, 3.63) is 194 Å². The second-order valence-electron chi connectivity index (χ2n) is 14.7. The van der Waals surface area contributed by atoms with Gasteiger partial charge in [0, 0.05) is 10.9 Å². The predicted octanol–water partition coefficient (Wildman–Crippen LogP) is 15.4. The molecule has 11 aromatic carbocycles. The van der Waals surface area contributed by atoms with E-state index in [2.05, 4.69) is 188 Å². The van der Waals surface area contributed by atoms with Crippen molar-refractivity contribution in [1.29, 1.82) is 0 Å². The Hall–Kier alpha value is -7.22. The molecular weight excluding hydrogens is 665 g/mol. The number of rotatable bonds is 3. The van der Waals surface area contributed by atoms with E-state index in [-0.39, 0.29) is 0 Å². The van der Waals surface area contributed by atoms with Crippen molar-refractivity contribution >= 4 is 64.6 Å². The van der Waals surface area contributed by atoms with E-state index in [0.29, 0.717) is 0 Å². The van der Waals surface area contributed by atoms with Gasteiger partial charge in [0.25, 0.3) is 0 Å². The maximum absolute atomic E-state index is 6.45. The summed E-state index contributed by atoms with van der Waals surface area (Å²) in [6, 6.07) is 71.1. The number of hydrogen-bond donors (Lipinski definition) is 0. The molecule has 0 saturated heterocycles. The van der Waals surface area contributed by atoms with Crippen LogP contribution in [0.25, 0.3) is 109 Å². The smallest absolute Gasteiger partial charge is 0.135 e. The molecule has 12 rings (SSSR count). The van der Waals surface area contributed by atoms with Crippen LogP contribution in [0.5, 0.6) is 11.5 Å². The Morgan fingerprint density at radius 2 is 0.836 bits per heavy atom. The summed E-state index contributed by atoms with van der Waals surface area (Å²) >= 11 is 0. The first-order chi connectivity index (χ1) is 27.3. The summed E-state index contributed by atoms with van der Waals surface area (Å²) in [5.41, 5.74) is 9.74. The molecule has 0 saturated carbocycles. The zero-order chi connectivity index (χ0) is 36.0. The zero-order valence-electron chi connectivity index (χ0n) is 29.9. The van der Waals surface area contributed by atoms with Crippen LogP contribution in [-0.4, -0.2) is 0 Å². The summed E-state index contributed by atoms with van der Waals surface area (Å²) in [5.74, 6) is 1.82. The Balaban J connectivity index is 1.11. The molecule has 0 radical (unpaired) electrons. The standard InChI is InChI=1S/C54H32O/c1-2-16-38-33(13-1)27-28-36-32-48(39-17-3-4-19-42(39)51(36)38)53-46-22-7-5-20-44(46)52(45-21-6-8-23-47(45)53)35-15-11-14-34(31-35)37-29-30-50-54-41(37)24-12-25-43(54)40-18-9-10-26-49(40)55-50/h1-32H. The van der Waals surface area contributed by atoms with Gasteiger partial charge in [0.1, 0.15) is 11.5 Å². The van der Waals surface area contributed by atoms with Crippen molar-refractivity contribution < 1.29 is 4.74 Å². The van der Waals surface area contributed by atoms with E-state index in [0.717, 1.165) is 17.1 Å². The largest absolute Gasteiger partial charge is 0.456 e. The van der Waals surface area contributed by atoms with Crippen LogP contribution in [0.4, 0.5) is 0 Å². The average molecular weight is 697 g/mol. The molecule has 1 nitrogen and oxygen atoms in total. The van der Waals surface area contributed by atoms with E-state index in [4.69, 9.17) is 4.74 Å². The molecule has 0 aliphatic carbocycles. The van der Waals surface area contributed by atoms with Crippen LogP contribution in [0.3, 0.4) is 0 Å². The fourth-order valence-corrected chi connectivity index (χ4v) is 9.49. The van der Waals surface area contributed by atoms with Crippen molar-refractivity contribution in [3.63, 3.8) is 0 Å². The van der Waals surface area contributed by atoms with Gasteiger partial charge in [-0.15, -0.1) is 0 Å². The highest BCUT2D eigenvalue weighted by Crippen LogP contribution is 2.50. The van der Waals surface area contributed by atoms with Crippen LogP contribution in [0.2, 0.25) is 0 Å². The Morgan fingerprint density at radius 1 is 0.255 bits per heavy atom. The molecule has 0 unspecified atom stereocenters. The summed E-state index contributed by atoms with van der Waals surface area (Å²) < 4.78 is 6.45. The minimum atomic E-state index is 0.907. The minimum Gasteiger partial charge on any atom is -0.456 e. The minimum absolute atomic E-state index is 0.907. The van der Waals surface area contributed by atoms with Gasteiger partial charge in [-0.2, -0.15) is 0 Å². The third kappa shape index (κ3) is 4.41. The average Bonchev–Trinajstić information content (AvgIpc) is 3.25. The Morgan fingerprint density at radius 3 is 1.64 bits per heavy atom. The molecule has 0 aromatic heterocycles. The summed E-state index contributed by atoms with van der Waals surface area (Å²) in [5, 5.41) is 15.0. The van der Waals surface area contributed by atoms with Gasteiger partial charge in [-0.3, -0.25) is 0 Å². The topological polar surface area (TPSA) is 9.23 Å². The van der Waals surface area contributed by atoms with Gasteiger partial charge >= 0.3 is 0 Å². The summed E-state index contributed by atoms with van der Waals surface area (Å²) in [6.07, 6.45) is 0. The molecule has 11 aromatic rings. The van der Waals surface area contributed by atoms with Crippen LogP contribution in [0.1, 0.15) is 0 Å². The van der Waals surface area contributed by atoms with Crippen LogP contribution < -0.4 is 4.74 Å². The molecule has 1 heteroatoms. The Bertz CT molecular complexity index is 3350. The number of ether oxygens (including phenoxy) is 1. The van der Waals surface area contributed by atoms with E-state index in [1.54, 1.807) is 0 Å². The molecule has 0 N–H and O–H groups in total. The van der Waals surface area contributed by atoms with Gasteiger partial charge in [-0.05, 0) is 122 Å². The third-order valence-electron chi connectivity index (χ3n) is 11.8. The molecule has 0 atom stereocenters. The molecule has 0 spiro atoms. The highest BCUT2D eigenvalue weighted by molar-refractivity contribution is 6.28. The first-order valence-electron chi connectivity index (χ1n) is 19.0. The lowest BCUT2D eigenvalue weighted by molar-refractivity contribution is 0.487. The van der Waals surface area contributed by atoms with E-state index in [9.17, 15) is 0 Å². The highest BCUT2D eigenvalue weighted by atomic mass is 16.5. The predicted molar refractivity (Wildman–Crippen MR) is 233 cm³/mol. The summed E-state index contributed by atoms with van der Waals surface area (Å²) in [7, 11) is 0. The second kappa shape index (κ2) is 11.6.